The van der Waals surface area contributed by atoms with Crippen molar-refractivity contribution in [3.63, 3.8) is 0 Å². The van der Waals surface area contributed by atoms with Gasteiger partial charge in [-0.05, 0) is 27.2 Å². The Morgan fingerprint density at radius 2 is 2.17 bits per heavy atom. The maximum atomic E-state index is 5.45. The predicted molar refractivity (Wildman–Crippen MR) is 49.9 cm³/mol. The molecule has 1 heterocycles. The Morgan fingerprint density at radius 3 is 2.58 bits per heavy atom. The molecule has 12 heavy (non-hydrogen) atoms. The molecule has 0 saturated carbocycles. The fourth-order valence-corrected chi connectivity index (χ4v) is 1.03. The molecule has 1 aromatic rings. The van der Waals surface area contributed by atoms with E-state index in [0.29, 0.717) is 0 Å². The van der Waals surface area contributed by atoms with Gasteiger partial charge in [0.05, 0.1) is 5.69 Å². The van der Waals surface area contributed by atoms with Gasteiger partial charge in [0, 0.05) is 5.57 Å². The van der Waals surface area contributed by atoms with Gasteiger partial charge in [-0.25, -0.2) is 4.98 Å². The Hall–Kier alpha value is -1.05. The van der Waals surface area contributed by atoms with Crippen LogP contribution >= 0.6 is 0 Å². The summed E-state index contributed by atoms with van der Waals surface area (Å²) in [6.45, 7) is 8.02. The molecule has 1 rings (SSSR count). The summed E-state index contributed by atoms with van der Waals surface area (Å²) in [5, 5.41) is 0. The highest BCUT2D eigenvalue weighted by atomic mass is 16.4. The van der Waals surface area contributed by atoms with E-state index in [1.165, 1.54) is 0 Å². The van der Waals surface area contributed by atoms with Crippen LogP contribution in [0.2, 0.25) is 0 Å². The molecule has 0 N–H and O–H groups in total. The second kappa shape index (κ2) is 3.57. The average molecular weight is 165 g/mol. The molecular weight excluding hydrogens is 150 g/mol. The van der Waals surface area contributed by atoms with Crippen LogP contribution in [0.4, 0.5) is 0 Å². The first-order valence-corrected chi connectivity index (χ1v) is 4.26. The van der Waals surface area contributed by atoms with Gasteiger partial charge < -0.3 is 4.42 Å². The smallest absolute Gasteiger partial charge is 0.221 e. The quantitative estimate of drug-likeness (QED) is 0.673. The van der Waals surface area contributed by atoms with E-state index in [9.17, 15) is 0 Å². The number of aryl methyl sites for hydroxylation is 2. The van der Waals surface area contributed by atoms with E-state index >= 15 is 0 Å². The van der Waals surface area contributed by atoms with Crippen molar-refractivity contribution in [2.24, 2.45) is 0 Å². The number of oxazole rings is 1. The molecule has 66 valence electrons. The van der Waals surface area contributed by atoms with Crippen molar-refractivity contribution in [2.45, 2.75) is 34.1 Å². The van der Waals surface area contributed by atoms with Gasteiger partial charge in [0.25, 0.3) is 0 Å². The molecule has 2 nitrogen and oxygen atoms in total. The van der Waals surface area contributed by atoms with Crippen molar-refractivity contribution in [1.29, 1.82) is 0 Å². The van der Waals surface area contributed by atoms with Crippen molar-refractivity contribution in [2.75, 3.05) is 0 Å². The molecule has 0 bridgehead atoms. The fourth-order valence-electron chi connectivity index (χ4n) is 1.03. The molecule has 0 aromatic carbocycles. The molecule has 0 unspecified atom stereocenters. The van der Waals surface area contributed by atoms with Crippen LogP contribution in [0, 0.1) is 13.8 Å². The molecule has 0 aliphatic heterocycles. The third kappa shape index (κ3) is 1.76. The van der Waals surface area contributed by atoms with E-state index in [1.54, 1.807) is 0 Å². The third-order valence-corrected chi connectivity index (χ3v) is 1.88. The summed E-state index contributed by atoms with van der Waals surface area (Å²) in [5.41, 5.74) is 2.10. The number of rotatable bonds is 2. The lowest BCUT2D eigenvalue weighted by Gasteiger charge is -1.91. The topological polar surface area (TPSA) is 26.0 Å². The first kappa shape index (κ1) is 9.04. The van der Waals surface area contributed by atoms with Gasteiger partial charge in [0.15, 0.2) is 0 Å². The first-order chi connectivity index (χ1) is 5.65. The monoisotopic (exact) mass is 165 g/mol. The van der Waals surface area contributed by atoms with Crippen molar-refractivity contribution in [3.05, 3.63) is 23.4 Å². The molecule has 0 aliphatic rings. The van der Waals surface area contributed by atoms with Crippen LogP contribution in [0.3, 0.4) is 0 Å². The molecule has 0 spiro atoms. The number of nitrogens with zero attached hydrogens (tertiary/aromatic N) is 1. The minimum atomic E-state index is 0.756. The Bertz CT molecular complexity index is 277. The van der Waals surface area contributed by atoms with Crippen LogP contribution in [0.25, 0.3) is 5.57 Å². The number of allylic oxidation sites excluding steroid dienone is 2. The van der Waals surface area contributed by atoms with Crippen LogP contribution in [0.1, 0.15) is 37.6 Å². The SMILES string of the molecule is CCC=C(C)c1nc(C)c(C)o1. The third-order valence-electron chi connectivity index (χ3n) is 1.88. The molecule has 0 fully saturated rings. The van der Waals surface area contributed by atoms with Gasteiger partial charge in [-0.2, -0.15) is 0 Å². The van der Waals surface area contributed by atoms with Gasteiger partial charge in [0.1, 0.15) is 5.76 Å². The zero-order valence-corrected chi connectivity index (χ0v) is 8.14. The normalized spacial score (nSPS) is 12.2. The van der Waals surface area contributed by atoms with Crippen LogP contribution in [0.5, 0.6) is 0 Å². The molecule has 0 atom stereocenters. The summed E-state index contributed by atoms with van der Waals surface area (Å²) < 4.78 is 5.45. The van der Waals surface area contributed by atoms with Crippen LogP contribution in [-0.2, 0) is 0 Å². The van der Waals surface area contributed by atoms with E-state index in [2.05, 4.69) is 18.0 Å². The second-order valence-corrected chi connectivity index (χ2v) is 2.96. The predicted octanol–water partition coefficient (Wildman–Crippen LogP) is 3.10. The molecule has 0 amide bonds. The lowest BCUT2D eigenvalue weighted by atomic mass is 10.2. The summed E-state index contributed by atoms with van der Waals surface area (Å²) >= 11 is 0. The largest absolute Gasteiger partial charge is 0.442 e. The molecule has 1 aromatic heterocycles. The number of aromatic nitrogens is 1. The van der Waals surface area contributed by atoms with Gasteiger partial charge in [0.2, 0.25) is 5.89 Å². The Kier molecular flexibility index (Phi) is 2.69. The van der Waals surface area contributed by atoms with Crippen LogP contribution in [-0.4, -0.2) is 4.98 Å². The van der Waals surface area contributed by atoms with E-state index in [4.69, 9.17) is 4.42 Å². The highest BCUT2D eigenvalue weighted by molar-refractivity contribution is 5.56. The van der Waals surface area contributed by atoms with Crippen LogP contribution < -0.4 is 0 Å². The van der Waals surface area contributed by atoms with Crippen LogP contribution in [0.15, 0.2) is 10.5 Å². The average Bonchev–Trinajstić information content (AvgIpc) is 2.33. The standard InChI is InChI=1S/C10H15NO/c1-5-6-7(2)10-11-8(3)9(4)12-10/h6H,5H2,1-4H3. The van der Waals surface area contributed by atoms with Crippen molar-refractivity contribution in [3.8, 4) is 0 Å². The summed E-state index contributed by atoms with van der Waals surface area (Å²) in [6, 6.07) is 0. The van der Waals surface area contributed by atoms with E-state index in [0.717, 1.165) is 29.3 Å². The molecule has 0 radical (unpaired) electrons. The Morgan fingerprint density at radius 1 is 1.50 bits per heavy atom. The molecule has 0 saturated heterocycles. The Labute approximate surface area is 73.3 Å². The summed E-state index contributed by atoms with van der Waals surface area (Å²) in [5.74, 6) is 1.67. The summed E-state index contributed by atoms with van der Waals surface area (Å²) in [7, 11) is 0. The van der Waals surface area contributed by atoms with E-state index in [1.807, 2.05) is 20.8 Å². The molecular formula is C10H15NO. The summed E-state index contributed by atoms with van der Waals surface area (Å²) in [6.07, 6.45) is 3.14. The highest BCUT2D eigenvalue weighted by Gasteiger charge is 2.05. The molecule has 2 heteroatoms. The Balaban J connectivity index is 2.96. The molecule has 0 aliphatic carbocycles. The summed E-state index contributed by atoms with van der Waals surface area (Å²) in [4.78, 5) is 4.29. The number of hydrogen-bond acceptors (Lipinski definition) is 2. The minimum Gasteiger partial charge on any atom is -0.442 e. The fraction of sp³-hybridized carbons (Fsp3) is 0.500. The maximum Gasteiger partial charge on any atom is 0.221 e. The zero-order valence-electron chi connectivity index (χ0n) is 8.14. The van der Waals surface area contributed by atoms with Crippen molar-refractivity contribution < 1.29 is 4.42 Å². The highest BCUT2D eigenvalue weighted by Crippen LogP contribution is 2.16. The lowest BCUT2D eigenvalue weighted by molar-refractivity contribution is 0.511. The zero-order chi connectivity index (χ0) is 9.14. The van der Waals surface area contributed by atoms with Crippen molar-refractivity contribution in [1.82, 2.24) is 4.98 Å². The van der Waals surface area contributed by atoms with Gasteiger partial charge in [-0.3, -0.25) is 0 Å². The van der Waals surface area contributed by atoms with E-state index < -0.39 is 0 Å². The second-order valence-electron chi connectivity index (χ2n) is 2.96. The van der Waals surface area contributed by atoms with Gasteiger partial charge in [-0.1, -0.05) is 13.0 Å². The van der Waals surface area contributed by atoms with E-state index in [-0.39, 0.29) is 0 Å². The minimum absolute atomic E-state index is 0.756. The lowest BCUT2D eigenvalue weighted by Crippen LogP contribution is -1.78. The first-order valence-electron chi connectivity index (χ1n) is 4.26. The number of hydrogen-bond donors (Lipinski definition) is 0. The van der Waals surface area contributed by atoms with Gasteiger partial charge in [-0.15, -0.1) is 0 Å². The maximum absolute atomic E-state index is 5.45. The van der Waals surface area contributed by atoms with Crippen molar-refractivity contribution >= 4 is 5.57 Å². The van der Waals surface area contributed by atoms with Gasteiger partial charge >= 0.3 is 0 Å².